The van der Waals surface area contributed by atoms with Gasteiger partial charge >= 0.3 is 0 Å². The summed E-state index contributed by atoms with van der Waals surface area (Å²) in [5.74, 6) is 0.765. The van der Waals surface area contributed by atoms with Gasteiger partial charge in [-0.2, -0.15) is 5.26 Å². The SMILES string of the molecule is CC(C)(C)C1CCC=C(CC#N)C1. The third-order valence-corrected chi connectivity index (χ3v) is 2.99. The summed E-state index contributed by atoms with van der Waals surface area (Å²) in [6.07, 6.45) is 6.48. The zero-order chi connectivity index (χ0) is 9.90. The first-order valence-electron chi connectivity index (χ1n) is 5.09. The maximum Gasteiger partial charge on any atom is 0.0666 e. The smallest absolute Gasteiger partial charge is 0.0666 e. The van der Waals surface area contributed by atoms with Crippen LogP contribution in [0, 0.1) is 22.7 Å². The molecule has 0 spiro atoms. The van der Waals surface area contributed by atoms with Crippen LogP contribution in [0.25, 0.3) is 0 Å². The molecule has 0 aliphatic heterocycles. The zero-order valence-electron chi connectivity index (χ0n) is 8.93. The standard InChI is InChI=1S/C12H19N/c1-12(2,3)11-6-4-5-10(9-11)7-8-13/h5,11H,4,6-7,9H2,1-3H3. The second kappa shape index (κ2) is 3.96. The molecular formula is C12H19N. The molecule has 0 aromatic carbocycles. The van der Waals surface area contributed by atoms with Crippen LogP contribution in [0.5, 0.6) is 0 Å². The first-order valence-corrected chi connectivity index (χ1v) is 5.09. The van der Waals surface area contributed by atoms with Crippen LogP contribution in [-0.2, 0) is 0 Å². The van der Waals surface area contributed by atoms with Crippen molar-refractivity contribution in [2.24, 2.45) is 11.3 Å². The summed E-state index contributed by atoms with van der Waals surface area (Å²) in [7, 11) is 0. The van der Waals surface area contributed by atoms with E-state index in [-0.39, 0.29) is 0 Å². The summed E-state index contributed by atoms with van der Waals surface area (Å²) in [4.78, 5) is 0. The Labute approximate surface area is 81.5 Å². The summed E-state index contributed by atoms with van der Waals surface area (Å²) < 4.78 is 0. The molecule has 0 aromatic heterocycles. The summed E-state index contributed by atoms with van der Waals surface area (Å²) in [5, 5.41) is 8.62. The minimum absolute atomic E-state index is 0.398. The van der Waals surface area contributed by atoms with Gasteiger partial charge in [-0.3, -0.25) is 0 Å². The van der Waals surface area contributed by atoms with E-state index in [9.17, 15) is 0 Å². The van der Waals surface area contributed by atoms with Crippen LogP contribution in [0.3, 0.4) is 0 Å². The van der Waals surface area contributed by atoms with Crippen molar-refractivity contribution in [2.75, 3.05) is 0 Å². The molecule has 1 rings (SSSR count). The lowest BCUT2D eigenvalue weighted by atomic mass is 9.72. The van der Waals surface area contributed by atoms with Crippen LogP contribution in [0.4, 0.5) is 0 Å². The van der Waals surface area contributed by atoms with E-state index in [1.165, 1.54) is 18.4 Å². The molecular weight excluding hydrogens is 158 g/mol. The fourth-order valence-electron chi connectivity index (χ4n) is 1.98. The molecule has 0 aromatic rings. The fraction of sp³-hybridized carbons (Fsp3) is 0.750. The molecule has 1 aliphatic carbocycles. The molecule has 1 atom stereocenters. The number of nitriles is 1. The molecule has 0 amide bonds. The van der Waals surface area contributed by atoms with Crippen molar-refractivity contribution in [3.8, 4) is 6.07 Å². The highest BCUT2D eigenvalue weighted by molar-refractivity contribution is 5.12. The van der Waals surface area contributed by atoms with Crippen molar-refractivity contribution >= 4 is 0 Å². The van der Waals surface area contributed by atoms with Crippen LogP contribution < -0.4 is 0 Å². The highest BCUT2D eigenvalue weighted by atomic mass is 14.3. The van der Waals surface area contributed by atoms with Crippen molar-refractivity contribution in [3.05, 3.63) is 11.6 Å². The van der Waals surface area contributed by atoms with E-state index in [1.54, 1.807) is 0 Å². The van der Waals surface area contributed by atoms with Crippen molar-refractivity contribution in [2.45, 2.75) is 46.5 Å². The number of nitrogens with zero attached hydrogens (tertiary/aromatic N) is 1. The van der Waals surface area contributed by atoms with Gasteiger partial charge in [0.05, 0.1) is 12.5 Å². The maximum atomic E-state index is 8.62. The summed E-state index contributed by atoms with van der Waals surface area (Å²) in [6.45, 7) is 6.90. The second-order valence-electron chi connectivity index (χ2n) is 5.04. The molecule has 0 N–H and O–H groups in total. The van der Waals surface area contributed by atoms with Crippen molar-refractivity contribution < 1.29 is 0 Å². The molecule has 1 nitrogen and oxygen atoms in total. The third kappa shape index (κ3) is 2.88. The quantitative estimate of drug-likeness (QED) is 0.560. The number of hydrogen-bond donors (Lipinski definition) is 0. The first-order chi connectivity index (χ1) is 6.04. The average Bonchev–Trinajstić information content (AvgIpc) is 2.04. The molecule has 1 unspecified atom stereocenters. The summed E-state index contributed by atoms with van der Waals surface area (Å²) >= 11 is 0. The van der Waals surface area contributed by atoms with Gasteiger partial charge < -0.3 is 0 Å². The Balaban J connectivity index is 2.59. The molecule has 0 saturated carbocycles. The molecule has 0 saturated heterocycles. The second-order valence-corrected chi connectivity index (χ2v) is 5.04. The topological polar surface area (TPSA) is 23.8 Å². The normalized spacial score (nSPS) is 23.5. The monoisotopic (exact) mass is 177 g/mol. The predicted molar refractivity (Wildman–Crippen MR) is 55.1 cm³/mol. The predicted octanol–water partition coefficient (Wildman–Crippen LogP) is 3.67. The van der Waals surface area contributed by atoms with Gasteiger partial charge in [-0.15, -0.1) is 0 Å². The van der Waals surface area contributed by atoms with Crippen molar-refractivity contribution in [3.63, 3.8) is 0 Å². The van der Waals surface area contributed by atoms with Gasteiger partial charge in [0, 0.05) is 0 Å². The van der Waals surface area contributed by atoms with Gasteiger partial charge in [-0.05, 0) is 30.6 Å². The minimum Gasteiger partial charge on any atom is -0.198 e. The van der Waals surface area contributed by atoms with Crippen molar-refractivity contribution in [1.82, 2.24) is 0 Å². The minimum atomic E-state index is 0.398. The van der Waals surface area contributed by atoms with E-state index in [2.05, 4.69) is 32.9 Å². The van der Waals surface area contributed by atoms with Gasteiger partial charge in [0.15, 0.2) is 0 Å². The summed E-state index contributed by atoms with van der Waals surface area (Å²) in [5.41, 5.74) is 1.75. The molecule has 1 aliphatic rings. The number of rotatable bonds is 1. The van der Waals surface area contributed by atoms with Crippen LogP contribution in [0.15, 0.2) is 11.6 Å². The van der Waals surface area contributed by atoms with Crippen LogP contribution in [0.1, 0.15) is 46.5 Å². The zero-order valence-corrected chi connectivity index (χ0v) is 8.93. The molecule has 0 radical (unpaired) electrons. The van der Waals surface area contributed by atoms with Crippen molar-refractivity contribution in [1.29, 1.82) is 5.26 Å². The highest BCUT2D eigenvalue weighted by Gasteiger charge is 2.26. The van der Waals surface area contributed by atoms with Crippen LogP contribution in [-0.4, -0.2) is 0 Å². The average molecular weight is 177 g/mol. The van der Waals surface area contributed by atoms with E-state index in [0.29, 0.717) is 11.8 Å². The van der Waals surface area contributed by atoms with Gasteiger partial charge in [0.2, 0.25) is 0 Å². The Kier molecular flexibility index (Phi) is 3.14. The van der Waals surface area contributed by atoms with Gasteiger partial charge in [0.1, 0.15) is 0 Å². The Morgan fingerprint density at radius 3 is 2.77 bits per heavy atom. The Morgan fingerprint density at radius 1 is 1.54 bits per heavy atom. The van der Waals surface area contributed by atoms with Crippen LogP contribution >= 0.6 is 0 Å². The highest BCUT2D eigenvalue weighted by Crippen LogP contribution is 2.38. The molecule has 1 heteroatoms. The molecule has 0 heterocycles. The molecule has 0 fully saturated rings. The number of hydrogen-bond acceptors (Lipinski definition) is 1. The first kappa shape index (κ1) is 10.3. The summed E-state index contributed by atoms with van der Waals surface area (Å²) in [6, 6.07) is 2.24. The largest absolute Gasteiger partial charge is 0.198 e. The van der Waals surface area contributed by atoms with E-state index in [0.717, 1.165) is 12.3 Å². The molecule has 72 valence electrons. The Bertz CT molecular complexity index is 237. The lowest BCUT2D eigenvalue weighted by Gasteiger charge is -2.33. The van der Waals surface area contributed by atoms with Gasteiger partial charge in [0.25, 0.3) is 0 Å². The van der Waals surface area contributed by atoms with E-state index in [4.69, 9.17) is 5.26 Å². The van der Waals surface area contributed by atoms with E-state index in [1.807, 2.05) is 0 Å². The molecule has 13 heavy (non-hydrogen) atoms. The Hall–Kier alpha value is -0.770. The third-order valence-electron chi connectivity index (χ3n) is 2.99. The molecule has 0 bridgehead atoms. The number of allylic oxidation sites excluding steroid dienone is 2. The maximum absolute atomic E-state index is 8.62. The van der Waals surface area contributed by atoms with Gasteiger partial charge in [-0.1, -0.05) is 32.4 Å². The Morgan fingerprint density at radius 2 is 2.23 bits per heavy atom. The van der Waals surface area contributed by atoms with Crippen LogP contribution in [0.2, 0.25) is 0 Å². The van der Waals surface area contributed by atoms with E-state index < -0.39 is 0 Å². The lowest BCUT2D eigenvalue weighted by molar-refractivity contribution is 0.217. The fourth-order valence-corrected chi connectivity index (χ4v) is 1.98. The van der Waals surface area contributed by atoms with E-state index >= 15 is 0 Å². The van der Waals surface area contributed by atoms with Gasteiger partial charge in [-0.25, -0.2) is 0 Å². The lowest BCUT2D eigenvalue weighted by Crippen LogP contribution is -2.22.